The maximum absolute atomic E-state index is 6.51. The van der Waals surface area contributed by atoms with Gasteiger partial charge in [-0.25, -0.2) is 0 Å². The smallest absolute Gasteiger partial charge is 0.122 e. The van der Waals surface area contributed by atoms with E-state index < -0.39 is 5.54 Å². The summed E-state index contributed by atoms with van der Waals surface area (Å²) in [6, 6.07) is 16.1. The van der Waals surface area contributed by atoms with Gasteiger partial charge >= 0.3 is 0 Å². The van der Waals surface area contributed by atoms with Gasteiger partial charge in [-0.05, 0) is 36.6 Å². The molecule has 2 aromatic carbocycles. The molecule has 19 heavy (non-hydrogen) atoms. The third kappa shape index (κ3) is 3.17. The van der Waals surface area contributed by atoms with Crippen LogP contribution in [0, 0.1) is 0 Å². The summed E-state index contributed by atoms with van der Waals surface area (Å²) < 4.78 is 6.43. The molecule has 0 aromatic heterocycles. The third-order valence-corrected chi connectivity index (χ3v) is 3.93. The Labute approximate surface area is 122 Å². The standard InChI is InChI=1S/C16H18BrNO/c1-16(18,13-8-4-5-9-14(13)17)11-12-7-3-6-10-15(12)19-2/h3-10H,11,18H2,1-2H3. The van der Waals surface area contributed by atoms with Gasteiger partial charge in [0.25, 0.3) is 0 Å². The van der Waals surface area contributed by atoms with E-state index in [4.69, 9.17) is 10.5 Å². The number of hydrogen-bond donors (Lipinski definition) is 1. The number of methoxy groups -OCH3 is 1. The molecule has 0 fully saturated rings. The van der Waals surface area contributed by atoms with Gasteiger partial charge in [0.05, 0.1) is 7.11 Å². The predicted molar refractivity (Wildman–Crippen MR) is 82.4 cm³/mol. The molecule has 100 valence electrons. The van der Waals surface area contributed by atoms with Crippen LogP contribution in [0.25, 0.3) is 0 Å². The Kier molecular flexibility index (Phi) is 4.27. The Balaban J connectivity index is 2.34. The van der Waals surface area contributed by atoms with Gasteiger partial charge in [-0.2, -0.15) is 0 Å². The van der Waals surface area contributed by atoms with Crippen LogP contribution in [0.3, 0.4) is 0 Å². The summed E-state index contributed by atoms with van der Waals surface area (Å²) >= 11 is 3.57. The molecule has 1 unspecified atom stereocenters. The lowest BCUT2D eigenvalue weighted by Crippen LogP contribution is -2.36. The normalized spacial score (nSPS) is 13.9. The summed E-state index contributed by atoms with van der Waals surface area (Å²) in [6.07, 6.45) is 0.722. The molecule has 0 heterocycles. The summed E-state index contributed by atoms with van der Waals surface area (Å²) in [5, 5.41) is 0. The molecule has 0 aliphatic rings. The number of hydrogen-bond acceptors (Lipinski definition) is 2. The summed E-state index contributed by atoms with van der Waals surface area (Å²) in [4.78, 5) is 0. The largest absolute Gasteiger partial charge is 0.496 e. The first-order chi connectivity index (χ1) is 9.04. The molecule has 2 nitrogen and oxygen atoms in total. The molecule has 0 aliphatic carbocycles. The van der Waals surface area contributed by atoms with Crippen molar-refractivity contribution in [2.75, 3.05) is 7.11 Å². The van der Waals surface area contributed by atoms with E-state index in [0.717, 1.165) is 27.8 Å². The number of halogens is 1. The van der Waals surface area contributed by atoms with Gasteiger partial charge in [0.1, 0.15) is 5.75 Å². The van der Waals surface area contributed by atoms with E-state index in [1.54, 1.807) is 7.11 Å². The quantitative estimate of drug-likeness (QED) is 0.928. The highest BCUT2D eigenvalue weighted by Gasteiger charge is 2.25. The van der Waals surface area contributed by atoms with Crippen LogP contribution in [0.15, 0.2) is 53.0 Å². The van der Waals surface area contributed by atoms with Crippen LogP contribution in [0.1, 0.15) is 18.1 Å². The number of para-hydroxylation sites is 1. The van der Waals surface area contributed by atoms with Crippen molar-refractivity contribution in [2.45, 2.75) is 18.9 Å². The molecule has 2 N–H and O–H groups in total. The second-order valence-corrected chi connectivity index (χ2v) is 5.74. The molecule has 1 atom stereocenters. The highest BCUT2D eigenvalue weighted by Crippen LogP contribution is 2.31. The molecule has 0 saturated heterocycles. The highest BCUT2D eigenvalue weighted by molar-refractivity contribution is 9.10. The summed E-state index contributed by atoms with van der Waals surface area (Å²) in [5.74, 6) is 0.881. The average molecular weight is 320 g/mol. The predicted octanol–water partition coefficient (Wildman–Crippen LogP) is 3.87. The number of benzene rings is 2. The Morgan fingerprint density at radius 3 is 2.42 bits per heavy atom. The first-order valence-electron chi connectivity index (χ1n) is 6.20. The molecule has 3 heteroatoms. The number of ether oxygens (including phenoxy) is 1. The first-order valence-corrected chi connectivity index (χ1v) is 6.99. The molecule has 2 aromatic rings. The SMILES string of the molecule is COc1ccccc1CC(C)(N)c1ccccc1Br. The van der Waals surface area contributed by atoms with Crippen LogP contribution in [-0.4, -0.2) is 7.11 Å². The molecule has 0 spiro atoms. The first kappa shape index (κ1) is 14.1. The van der Waals surface area contributed by atoms with Crippen LogP contribution in [0.5, 0.6) is 5.75 Å². The van der Waals surface area contributed by atoms with E-state index in [9.17, 15) is 0 Å². The minimum atomic E-state index is -0.450. The van der Waals surface area contributed by atoms with Crippen molar-refractivity contribution >= 4 is 15.9 Å². The topological polar surface area (TPSA) is 35.2 Å². The monoisotopic (exact) mass is 319 g/mol. The van der Waals surface area contributed by atoms with Crippen LogP contribution in [0.4, 0.5) is 0 Å². The summed E-state index contributed by atoms with van der Waals surface area (Å²) in [7, 11) is 1.69. The van der Waals surface area contributed by atoms with Gasteiger partial charge < -0.3 is 10.5 Å². The lowest BCUT2D eigenvalue weighted by Gasteiger charge is -2.27. The van der Waals surface area contributed by atoms with Crippen LogP contribution in [0.2, 0.25) is 0 Å². The van der Waals surface area contributed by atoms with Crippen molar-refractivity contribution in [1.29, 1.82) is 0 Å². The van der Waals surface area contributed by atoms with Crippen molar-refractivity contribution in [2.24, 2.45) is 5.73 Å². The fourth-order valence-corrected chi connectivity index (χ4v) is 3.00. The Morgan fingerprint density at radius 2 is 1.74 bits per heavy atom. The number of nitrogens with two attached hydrogens (primary N) is 1. The van der Waals surface area contributed by atoms with Crippen LogP contribution in [-0.2, 0) is 12.0 Å². The van der Waals surface area contributed by atoms with E-state index in [1.165, 1.54) is 0 Å². The average Bonchev–Trinajstić information content (AvgIpc) is 2.39. The molecule has 2 rings (SSSR count). The Hall–Kier alpha value is -1.32. The van der Waals surface area contributed by atoms with Crippen LogP contribution >= 0.6 is 15.9 Å². The Bertz CT molecular complexity index is 566. The second kappa shape index (κ2) is 5.76. The minimum absolute atomic E-state index is 0.450. The lowest BCUT2D eigenvalue weighted by atomic mass is 9.86. The van der Waals surface area contributed by atoms with Gasteiger partial charge in [0.2, 0.25) is 0 Å². The van der Waals surface area contributed by atoms with Gasteiger partial charge in [0, 0.05) is 10.0 Å². The molecule has 0 amide bonds. The fourth-order valence-electron chi connectivity index (χ4n) is 2.26. The van der Waals surface area contributed by atoms with Crippen molar-refractivity contribution in [1.82, 2.24) is 0 Å². The number of rotatable bonds is 4. The zero-order valence-electron chi connectivity index (χ0n) is 11.2. The molecular weight excluding hydrogens is 302 g/mol. The van der Waals surface area contributed by atoms with Crippen molar-refractivity contribution in [3.05, 3.63) is 64.1 Å². The second-order valence-electron chi connectivity index (χ2n) is 4.89. The van der Waals surface area contributed by atoms with Gasteiger partial charge in [0.15, 0.2) is 0 Å². The van der Waals surface area contributed by atoms with Gasteiger partial charge in [-0.3, -0.25) is 0 Å². The molecule has 0 aliphatic heterocycles. The van der Waals surface area contributed by atoms with E-state index in [-0.39, 0.29) is 0 Å². The van der Waals surface area contributed by atoms with E-state index >= 15 is 0 Å². The maximum atomic E-state index is 6.51. The molecule has 0 bridgehead atoms. The van der Waals surface area contributed by atoms with E-state index in [0.29, 0.717) is 0 Å². The Morgan fingerprint density at radius 1 is 1.11 bits per heavy atom. The lowest BCUT2D eigenvalue weighted by molar-refractivity contribution is 0.399. The van der Waals surface area contributed by atoms with Crippen molar-refractivity contribution in [3.8, 4) is 5.75 Å². The zero-order valence-corrected chi connectivity index (χ0v) is 12.8. The summed E-state index contributed by atoms with van der Waals surface area (Å²) in [5.41, 5.74) is 8.27. The zero-order chi connectivity index (χ0) is 13.9. The van der Waals surface area contributed by atoms with E-state index in [2.05, 4.69) is 28.1 Å². The maximum Gasteiger partial charge on any atom is 0.122 e. The molecule has 0 radical (unpaired) electrons. The van der Waals surface area contributed by atoms with E-state index in [1.807, 2.05) is 43.3 Å². The minimum Gasteiger partial charge on any atom is -0.496 e. The third-order valence-electron chi connectivity index (χ3n) is 3.24. The summed E-state index contributed by atoms with van der Waals surface area (Å²) in [6.45, 7) is 2.04. The fraction of sp³-hybridized carbons (Fsp3) is 0.250. The van der Waals surface area contributed by atoms with Gasteiger partial charge in [-0.1, -0.05) is 52.3 Å². The van der Waals surface area contributed by atoms with Crippen molar-refractivity contribution in [3.63, 3.8) is 0 Å². The van der Waals surface area contributed by atoms with Gasteiger partial charge in [-0.15, -0.1) is 0 Å². The van der Waals surface area contributed by atoms with Crippen molar-refractivity contribution < 1.29 is 4.74 Å². The van der Waals surface area contributed by atoms with Crippen LogP contribution < -0.4 is 10.5 Å². The highest BCUT2D eigenvalue weighted by atomic mass is 79.9. The molecule has 0 saturated carbocycles. The molecular formula is C16H18BrNO.